The second kappa shape index (κ2) is 11.2. The standard InChI is InChI=1S/C44H30N2O/c1-4-13-33(14-5-1)45(34-15-6-2-7-16-34)36-19-12-20-37(28-36)46(35-17-8-3-9-18-35)38-26-25-31-23-24-32-27-44-42(30-41(32)40(31)29-38)39-21-10-11-22-43(39)47-44/h1-30H/i1D,2D,3D,4D,5D,6D,7D,8D,9D,12D,13D,14D,15D,16D,17D,18D,19D,20D,28D. The minimum Gasteiger partial charge on any atom is -0.456 e. The van der Waals surface area contributed by atoms with Crippen LogP contribution in [0.25, 0.3) is 43.5 Å². The van der Waals surface area contributed by atoms with E-state index >= 15 is 0 Å². The van der Waals surface area contributed by atoms with Gasteiger partial charge < -0.3 is 14.2 Å². The SMILES string of the molecule is [2H]c1c([2H])c([2H])c(N(c2ccc3ccc4cc5oc6ccccc6c5cc4c3c2)c2c([2H])c([2H])c([2H])c(N(c3c([2H])c([2H])c([2H])c([2H])c3[2H])c3c([2H])c([2H])c([2H])c([2H])c3[2H])c2[2H])c([2H])c1[2H]. The Morgan fingerprint density at radius 2 is 0.915 bits per heavy atom. The topological polar surface area (TPSA) is 19.6 Å². The highest BCUT2D eigenvalue weighted by molar-refractivity contribution is 6.17. The normalized spacial score (nSPS) is 17.1. The van der Waals surface area contributed by atoms with Crippen LogP contribution in [0, 0.1) is 0 Å². The molecule has 0 fully saturated rings. The third-order valence-corrected chi connectivity index (χ3v) is 7.75. The van der Waals surface area contributed by atoms with E-state index < -0.39 is 143 Å². The van der Waals surface area contributed by atoms with Gasteiger partial charge in [0.2, 0.25) is 0 Å². The molecule has 3 nitrogen and oxygen atoms in total. The third-order valence-electron chi connectivity index (χ3n) is 7.75. The summed E-state index contributed by atoms with van der Waals surface area (Å²) in [6.45, 7) is 0. The van der Waals surface area contributed by atoms with Gasteiger partial charge in [0.15, 0.2) is 0 Å². The number of para-hydroxylation sites is 4. The van der Waals surface area contributed by atoms with E-state index in [1.165, 1.54) is 6.07 Å². The molecule has 0 aliphatic carbocycles. The van der Waals surface area contributed by atoms with Gasteiger partial charge in [0.1, 0.15) is 11.2 Å². The Balaban J connectivity index is 1.44. The average Bonchev–Trinajstić information content (AvgIpc) is 3.68. The van der Waals surface area contributed by atoms with Crippen LogP contribution in [0.4, 0.5) is 34.1 Å². The molecule has 0 saturated carbocycles. The molecule has 0 aliphatic heterocycles. The molecular weight excluding hydrogens is 572 g/mol. The van der Waals surface area contributed by atoms with Gasteiger partial charge in [-0.15, -0.1) is 0 Å². The molecule has 0 aliphatic rings. The zero-order chi connectivity index (χ0) is 47.7. The molecular formula is C44H30N2O. The first-order valence-corrected chi connectivity index (χ1v) is 14.4. The zero-order valence-corrected chi connectivity index (χ0v) is 24.2. The Bertz CT molecular complexity index is 3470. The van der Waals surface area contributed by atoms with E-state index in [4.69, 9.17) is 25.0 Å². The fourth-order valence-electron chi connectivity index (χ4n) is 5.72. The fraction of sp³-hybridized carbons (Fsp3) is 0. The lowest BCUT2D eigenvalue weighted by Crippen LogP contribution is -2.13. The van der Waals surface area contributed by atoms with Crippen LogP contribution in [-0.2, 0) is 0 Å². The fourth-order valence-corrected chi connectivity index (χ4v) is 5.72. The number of rotatable bonds is 6. The van der Waals surface area contributed by atoms with Gasteiger partial charge in [-0.3, -0.25) is 0 Å². The second-order valence-corrected chi connectivity index (χ2v) is 10.4. The molecule has 8 aromatic carbocycles. The zero-order valence-electron chi connectivity index (χ0n) is 43.2. The van der Waals surface area contributed by atoms with Crippen molar-refractivity contribution in [2.75, 3.05) is 9.80 Å². The van der Waals surface area contributed by atoms with Gasteiger partial charge in [0.25, 0.3) is 0 Å². The van der Waals surface area contributed by atoms with Crippen molar-refractivity contribution < 1.29 is 30.5 Å². The smallest absolute Gasteiger partial charge is 0.136 e. The monoisotopic (exact) mass is 621 g/mol. The van der Waals surface area contributed by atoms with Gasteiger partial charge in [0.05, 0.1) is 26.0 Å². The van der Waals surface area contributed by atoms with Crippen molar-refractivity contribution in [1.82, 2.24) is 0 Å². The first-order chi connectivity index (χ1) is 31.2. The van der Waals surface area contributed by atoms with Crippen molar-refractivity contribution in [3.8, 4) is 0 Å². The van der Waals surface area contributed by atoms with E-state index in [1.54, 1.807) is 12.1 Å². The van der Waals surface area contributed by atoms with Gasteiger partial charge >= 0.3 is 0 Å². The van der Waals surface area contributed by atoms with E-state index in [0.717, 1.165) is 21.1 Å². The highest BCUT2D eigenvalue weighted by Gasteiger charge is 2.18. The first kappa shape index (κ1) is 14.0. The van der Waals surface area contributed by atoms with Crippen molar-refractivity contribution in [2.45, 2.75) is 0 Å². The van der Waals surface area contributed by atoms with Crippen LogP contribution in [0.3, 0.4) is 0 Å². The van der Waals surface area contributed by atoms with E-state index in [-0.39, 0.29) is 5.69 Å². The summed E-state index contributed by atoms with van der Waals surface area (Å²) in [5, 5.41) is 4.24. The predicted octanol–water partition coefficient (Wildman–Crippen LogP) is 12.8. The lowest BCUT2D eigenvalue weighted by atomic mass is 9.99. The summed E-state index contributed by atoms with van der Waals surface area (Å²) in [7, 11) is 0. The summed E-state index contributed by atoms with van der Waals surface area (Å²) in [6.07, 6.45) is 0. The van der Waals surface area contributed by atoms with Crippen LogP contribution in [-0.4, -0.2) is 0 Å². The molecule has 0 spiro atoms. The van der Waals surface area contributed by atoms with E-state index in [0.29, 0.717) is 32.2 Å². The number of nitrogens with zero attached hydrogens (tertiary/aromatic N) is 2. The maximum Gasteiger partial charge on any atom is 0.136 e. The average molecular weight is 622 g/mol. The quantitative estimate of drug-likeness (QED) is 0.172. The molecule has 0 N–H and O–H groups in total. The molecule has 1 aromatic heterocycles. The molecule has 222 valence electrons. The molecule has 0 amide bonds. The Kier molecular flexibility index (Phi) is 3.34. The van der Waals surface area contributed by atoms with Gasteiger partial charge in [-0.05, 0) is 106 Å². The number of hydrogen-bond donors (Lipinski definition) is 0. The van der Waals surface area contributed by atoms with Crippen LogP contribution in [0.2, 0.25) is 0 Å². The minimum absolute atomic E-state index is 0.0204. The third kappa shape index (κ3) is 4.77. The summed E-state index contributed by atoms with van der Waals surface area (Å²) in [6, 6.07) is 2.32. The van der Waals surface area contributed by atoms with E-state index in [2.05, 4.69) is 0 Å². The predicted molar refractivity (Wildman–Crippen MR) is 198 cm³/mol. The van der Waals surface area contributed by atoms with E-state index in [1.807, 2.05) is 48.5 Å². The Labute approximate surface area is 299 Å². The summed E-state index contributed by atoms with van der Waals surface area (Å²) in [5.41, 5.74) is -2.75. The maximum absolute atomic E-state index is 9.92. The van der Waals surface area contributed by atoms with Gasteiger partial charge in [-0.2, -0.15) is 0 Å². The Morgan fingerprint density at radius 3 is 1.57 bits per heavy atom. The second-order valence-electron chi connectivity index (χ2n) is 10.4. The Morgan fingerprint density at radius 1 is 0.383 bits per heavy atom. The van der Waals surface area contributed by atoms with Crippen LogP contribution in [0.1, 0.15) is 26.0 Å². The summed E-state index contributed by atoms with van der Waals surface area (Å²) in [4.78, 5) is 1.50. The summed E-state index contributed by atoms with van der Waals surface area (Å²) in [5.74, 6) is 0. The molecule has 0 atom stereocenters. The largest absolute Gasteiger partial charge is 0.456 e. The molecule has 3 heteroatoms. The number of furan rings is 1. The number of fused-ring (bicyclic) bond motifs is 6. The van der Waals surface area contributed by atoms with Gasteiger partial charge in [-0.25, -0.2) is 0 Å². The molecule has 0 unspecified atom stereocenters. The number of hydrogen-bond acceptors (Lipinski definition) is 3. The lowest BCUT2D eigenvalue weighted by Gasteiger charge is -2.29. The van der Waals surface area contributed by atoms with Crippen molar-refractivity contribution in [2.24, 2.45) is 0 Å². The van der Waals surface area contributed by atoms with Crippen LogP contribution in [0.5, 0.6) is 0 Å². The number of anilines is 6. The molecule has 9 aromatic rings. The molecule has 9 rings (SSSR count). The molecule has 0 saturated heterocycles. The Hall–Kier alpha value is -6.32. The van der Waals surface area contributed by atoms with Gasteiger partial charge in [-0.1, -0.05) is 96.8 Å². The van der Waals surface area contributed by atoms with Crippen molar-refractivity contribution >= 4 is 77.6 Å². The lowest BCUT2D eigenvalue weighted by molar-refractivity contribution is 0.669. The highest BCUT2D eigenvalue weighted by Crippen LogP contribution is 2.42. The van der Waals surface area contributed by atoms with Gasteiger partial charge in [0, 0.05) is 44.9 Å². The van der Waals surface area contributed by atoms with Crippen molar-refractivity contribution in [1.29, 1.82) is 0 Å². The maximum atomic E-state index is 9.92. The molecule has 0 radical (unpaired) electrons. The first-order valence-electron chi connectivity index (χ1n) is 23.9. The van der Waals surface area contributed by atoms with Crippen LogP contribution in [0.15, 0.2) is 186 Å². The van der Waals surface area contributed by atoms with E-state index in [9.17, 15) is 5.48 Å². The highest BCUT2D eigenvalue weighted by atomic mass is 16.3. The molecule has 47 heavy (non-hydrogen) atoms. The number of benzene rings is 8. The van der Waals surface area contributed by atoms with Crippen molar-refractivity contribution in [3.63, 3.8) is 0 Å². The molecule has 0 bridgehead atoms. The molecule has 1 heterocycles. The summed E-state index contributed by atoms with van der Waals surface area (Å²) >= 11 is 0. The van der Waals surface area contributed by atoms with Crippen LogP contribution >= 0.6 is 0 Å². The summed E-state index contributed by atoms with van der Waals surface area (Å²) < 4.78 is 174. The van der Waals surface area contributed by atoms with Crippen molar-refractivity contribution in [3.05, 3.63) is 182 Å². The van der Waals surface area contributed by atoms with Crippen LogP contribution < -0.4 is 9.80 Å². The minimum atomic E-state index is -1.02.